The van der Waals surface area contributed by atoms with E-state index in [2.05, 4.69) is 15.0 Å². The van der Waals surface area contributed by atoms with Gasteiger partial charge in [-0.25, -0.2) is 4.79 Å². The average Bonchev–Trinajstić information content (AvgIpc) is 2.61. The minimum Gasteiger partial charge on any atom is -0.469 e. The van der Waals surface area contributed by atoms with Crippen LogP contribution in [-0.4, -0.2) is 35.5 Å². The number of rotatable bonds is 6. The van der Waals surface area contributed by atoms with Crippen molar-refractivity contribution in [3.05, 3.63) is 59.4 Å². The van der Waals surface area contributed by atoms with Crippen molar-refractivity contribution >= 4 is 29.3 Å². The van der Waals surface area contributed by atoms with Gasteiger partial charge in [0.05, 0.1) is 25.8 Å². The molecule has 0 atom stereocenters. The second kappa shape index (κ2) is 8.88. The number of ether oxygens (including phenoxy) is 1. The number of esters is 1. The van der Waals surface area contributed by atoms with Crippen molar-refractivity contribution in [2.24, 2.45) is 0 Å². The Kier molecular flexibility index (Phi) is 6.57. The van der Waals surface area contributed by atoms with Crippen LogP contribution in [-0.2, 0) is 16.1 Å². The molecule has 0 aliphatic carbocycles. The number of methoxy groups -OCH3 is 1. The minimum atomic E-state index is -0.375. The van der Waals surface area contributed by atoms with Gasteiger partial charge in [-0.15, -0.1) is 0 Å². The van der Waals surface area contributed by atoms with Gasteiger partial charge < -0.3 is 15.0 Å². The molecule has 1 heterocycles. The largest absolute Gasteiger partial charge is 0.469 e. The molecule has 6 nitrogen and oxygen atoms in total. The Morgan fingerprint density at radius 2 is 1.96 bits per heavy atom. The number of benzene rings is 1. The summed E-state index contributed by atoms with van der Waals surface area (Å²) in [5, 5.41) is 3.37. The van der Waals surface area contributed by atoms with Crippen molar-refractivity contribution in [2.45, 2.75) is 13.0 Å². The first-order valence-electron chi connectivity index (χ1n) is 7.36. The van der Waals surface area contributed by atoms with Crippen LogP contribution < -0.4 is 5.32 Å². The third-order valence-electron chi connectivity index (χ3n) is 3.28. The average molecular weight is 348 g/mol. The van der Waals surface area contributed by atoms with Gasteiger partial charge in [0.15, 0.2) is 0 Å². The van der Waals surface area contributed by atoms with Gasteiger partial charge in [-0.2, -0.15) is 0 Å². The minimum absolute atomic E-state index is 0.109. The monoisotopic (exact) mass is 347 g/mol. The summed E-state index contributed by atoms with van der Waals surface area (Å²) in [5.74, 6) is -0.375. The standard InChI is InChI=1S/C17H18ClN3O3/c1-24-16(22)9-11-21(12-15-4-2-3-10-19-15)17(23)20-14-7-5-13(18)6-8-14/h2-8,10H,9,11-12H2,1H3,(H,20,23). The molecule has 1 aromatic carbocycles. The SMILES string of the molecule is COC(=O)CCN(Cc1ccccn1)C(=O)Nc1ccc(Cl)cc1. The molecule has 0 spiro atoms. The summed E-state index contributed by atoms with van der Waals surface area (Å²) in [4.78, 5) is 29.6. The van der Waals surface area contributed by atoms with E-state index in [0.29, 0.717) is 10.7 Å². The second-order valence-corrected chi connectivity index (χ2v) is 5.44. The lowest BCUT2D eigenvalue weighted by atomic mass is 10.3. The first kappa shape index (κ1) is 17.7. The number of nitrogens with one attached hydrogen (secondary N) is 1. The first-order chi connectivity index (χ1) is 11.6. The smallest absolute Gasteiger partial charge is 0.322 e. The Morgan fingerprint density at radius 3 is 2.58 bits per heavy atom. The normalized spacial score (nSPS) is 10.1. The number of halogens is 1. The van der Waals surface area contributed by atoms with Gasteiger partial charge in [-0.3, -0.25) is 9.78 Å². The molecule has 0 fully saturated rings. The van der Waals surface area contributed by atoms with E-state index >= 15 is 0 Å². The number of pyridine rings is 1. The number of carbonyl (C=O) groups excluding carboxylic acids is 2. The number of nitrogens with zero attached hydrogens (tertiary/aromatic N) is 2. The molecule has 7 heteroatoms. The van der Waals surface area contributed by atoms with Crippen LogP contribution in [0, 0.1) is 0 Å². The van der Waals surface area contributed by atoms with Crippen LogP contribution in [0.1, 0.15) is 12.1 Å². The highest BCUT2D eigenvalue weighted by Crippen LogP contribution is 2.14. The molecule has 0 bridgehead atoms. The molecular formula is C17H18ClN3O3. The van der Waals surface area contributed by atoms with Gasteiger partial charge in [-0.1, -0.05) is 17.7 Å². The molecule has 2 amide bonds. The van der Waals surface area contributed by atoms with E-state index in [-0.39, 0.29) is 31.5 Å². The molecule has 0 aliphatic rings. The zero-order chi connectivity index (χ0) is 17.4. The van der Waals surface area contributed by atoms with E-state index in [4.69, 9.17) is 11.6 Å². The maximum atomic E-state index is 12.5. The summed E-state index contributed by atoms with van der Waals surface area (Å²) in [6, 6.07) is 11.9. The van der Waals surface area contributed by atoms with E-state index in [9.17, 15) is 9.59 Å². The molecule has 126 valence electrons. The van der Waals surface area contributed by atoms with Gasteiger partial charge in [0, 0.05) is 23.5 Å². The van der Waals surface area contributed by atoms with Gasteiger partial charge in [0.25, 0.3) is 0 Å². The van der Waals surface area contributed by atoms with Gasteiger partial charge in [-0.05, 0) is 36.4 Å². The van der Waals surface area contributed by atoms with Crippen molar-refractivity contribution in [1.82, 2.24) is 9.88 Å². The van der Waals surface area contributed by atoms with E-state index in [1.165, 1.54) is 12.0 Å². The predicted octanol–water partition coefficient (Wildman–Crippen LogP) is 3.33. The molecule has 2 rings (SSSR count). The molecule has 2 aromatic rings. The Hall–Kier alpha value is -2.60. The summed E-state index contributed by atoms with van der Waals surface area (Å²) in [5.41, 5.74) is 1.35. The Labute approximate surface area is 145 Å². The van der Waals surface area contributed by atoms with E-state index in [1.54, 1.807) is 36.5 Å². The summed E-state index contributed by atoms with van der Waals surface area (Å²) in [7, 11) is 1.32. The van der Waals surface area contributed by atoms with Crippen LogP contribution in [0.25, 0.3) is 0 Å². The van der Waals surface area contributed by atoms with Crippen LogP contribution >= 0.6 is 11.6 Å². The zero-order valence-electron chi connectivity index (χ0n) is 13.2. The van der Waals surface area contributed by atoms with Crippen molar-refractivity contribution in [3.63, 3.8) is 0 Å². The number of hydrogen-bond donors (Lipinski definition) is 1. The van der Waals surface area contributed by atoms with Crippen LogP contribution in [0.15, 0.2) is 48.7 Å². The van der Waals surface area contributed by atoms with Crippen molar-refractivity contribution in [2.75, 3.05) is 19.0 Å². The first-order valence-corrected chi connectivity index (χ1v) is 7.74. The molecule has 24 heavy (non-hydrogen) atoms. The molecule has 0 aliphatic heterocycles. The fourth-order valence-electron chi connectivity index (χ4n) is 2.00. The van der Waals surface area contributed by atoms with Crippen molar-refractivity contribution in [3.8, 4) is 0 Å². The van der Waals surface area contributed by atoms with Crippen LogP contribution in [0.4, 0.5) is 10.5 Å². The second-order valence-electron chi connectivity index (χ2n) is 5.01. The molecule has 0 unspecified atom stereocenters. The zero-order valence-corrected chi connectivity index (χ0v) is 14.0. The number of anilines is 1. The van der Waals surface area contributed by atoms with E-state index in [1.807, 2.05) is 12.1 Å². The van der Waals surface area contributed by atoms with Gasteiger partial charge in [0.2, 0.25) is 0 Å². The summed E-state index contributed by atoms with van der Waals surface area (Å²) >= 11 is 5.84. The van der Waals surface area contributed by atoms with Crippen molar-refractivity contribution in [1.29, 1.82) is 0 Å². The Balaban J connectivity index is 2.06. The third kappa shape index (κ3) is 5.55. The van der Waals surface area contributed by atoms with Crippen LogP contribution in [0.3, 0.4) is 0 Å². The predicted molar refractivity (Wildman–Crippen MR) is 91.8 cm³/mol. The molecule has 0 saturated carbocycles. The van der Waals surface area contributed by atoms with Crippen LogP contribution in [0.5, 0.6) is 0 Å². The highest BCUT2D eigenvalue weighted by molar-refractivity contribution is 6.30. The Morgan fingerprint density at radius 1 is 1.21 bits per heavy atom. The maximum Gasteiger partial charge on any atom is 0.322 e. The summed E-state index contributed by atoms with van der Waals surface area (Å²) < 4.78 is 4.63. The molecular weight excluding hydrogens is 330 g/mol. The number of hydrogen-bond acceptors (Lipinski definition) is 4. The lowest BCUT2D eigenvalue weighted by Crippen LogP contribution is -2.36. The lowest BCUT2D eigenvalue weighted by Gasteiger charge is -2.22. The Bertz CT molecular complexity index is 677. The lowest BCUT2D eigenvalue weighted by molar-refractivity contribution is -0.140. The number of carbonyl (C=O) groups is 2. The highest BCUT2D eigenvalue weighted by Gasteiger charge is 2.16. The third-order valence-corrected chi connectivity index (χ3v) is 3.53. The summed E-state index contributed by atoms with van der Waals surface area (Å²) in [6.45, 7) is 0.514. The molecule has 0 radical (unpaired) electrons. The quantitative estimate of drug-likeness (QED) is 0.813. The summed E-state index contributed by atoms with van der Waals surface area (Å²) in [6.07, 6.45) is 1.77. The number of urea groups is 1. The molecule has 1 aromatic heterocycles. The van der Waals surface area contributed by atoms with Gasteiger partial charge >= 0.3 is 12.0 Å². The van der Waals surface area contributed by atoms with Crippen molar-refractivity contribution < 1.29 is 14.3 Å². The number of amides is 2. The molecule has 0 saturated heterocycles. The van der Waals surface area contributed by atoms with E-state index in [0.717, 1.165) is 5.69 Å². The fourth-order valence-corrected chi connectivity index (χ4v) is 2.13. The fraction of sp³-hybridized carbons (Fsp3) is 0.235. The maximum absolute atomic E-state index is 12.5. The highest BCUT2D eigenvalue weighted by atomic mass is 35.5. The van der Waals surface area contributed by atoms with Gasteiger partial charge in [0.1, 0.15) is 0 Å². The van der Waals surface area contributed by atoms with Crippen LogP contribution in [0.2, 0.25) is 5.02 Å². The molecule has 1 N–H and O–H groups in total. The topological polar surface area (TPSA) is 71.5 Å². The number of aromatic nitrogens is 1. The van der Waals surface area contributed by atoms with E-state index < -0.39 is 0 Å².